The molecule has 8 nitrogen and oxygen atoms in total. The smallest absolute Gasteiger partial charge is 0.416 e. The lowest BCUT2D eigenvalue weighted by Crippen LogP contribution is -2.33. The summed E-state index contributed by atoms with van der Waals surface area (Å²) in [6, 6.07) is 18.0. The van der Waals surface area contributed by atoms with Crippen LogP contribution < -0.4 is 19.8 Å². The highest BCUT2D eigenvalue weighted by Crippen LogP contribution is 2.54. The summed E-state index contributed by atoms with van der Waals surface area (Å²) >= 11 is 5.39. The van der Waals surface area contributed by atoms with Gasteiger partial charge in [-0.3, -0.25) is 23.7 Å². The van der Waals surface area contributed by atoms with Crippen molar-refractivity contribution in [2.45, 2.75) is 28.9 Å². The summed E-state index contributed by atoms with van der Waals surface area (Å²) in [6.45, 7) is -0.499. The molecule has 0 aliphatic carbocycles. The first-order valence-electron chi connectivity index (χ1n) is 13.1. The van der Waals surface area contributed by atoms with Crippen molar-refractivity contribution in [1.29, 1.82) is 0 Å². The summed E-state index contributed by atoms with van der Waals surface area (Å²) in [5, 5.41) is 1.90. The number of nitrogens with one attached hydrogen (secondary N) is 1. The Labute approximate surface area is 265 Å². The van der Waals surface area contributed by atoms with Crippen molar-refractivity contribution in [1.82, 2.24) is 4.57 Å². The second-order valence-electron chi connectivity index (χ2n) is 10.1. The predicted molar refractivity (Wildman–Crippen MR) is 163 cm³/mol. The molecule has 1 aromatic heterocycles. The number of benzene rings is 3. The predicted octanol–water partition coefficient (Wildman–Crippen LogP) is 6.13. The molecular weight excluding hydrogens is 683 g/mol. The van der Waals surface area contributed by atoms with Gasteiger partial charge in [0.05, 0.1) is 29.3 Å². The van der Waals surface area contributed by atoms with E-state index >= 15 is 0 Å². The third-order valence-electron chi connectivity index (χ3n) is 7.36. The second-order valence-corrected chi connectivity index (χ2v) is 13.1. The van der Waals surface area contributed by atoms with Crippen molar-refractivity contribution in [3.8, 4) is 5.75 Å². The van der Waals surface area contributed by atoms with Crippen LogP contribution in [0.2, 0.25) is 0 Å². The third-order valence-corrected chi connectivity index (χ3v) is 10.5. The molecule has 1 N–H and O–H groups in total. The van der Waals surface area contributed by atoms with Gasteiger partial charge >= 0.3 is 11.0 Å². The van der Waals surface area contributed by atoms with Gasteiger partial charge in [-0.05, 0) is 60.2 Å². The first-order chi connectivity index (χ1) is 21.0. The van der Waals surface area contributed by atoms with Gasteiger partial charge in [0.2, 0.25) is 17.7 Å². The van der Waals surface area contributed by atoms with Gasteiger partial charge in [-0.25, -0.2) is 4.90 Å². The monoisotopic (exact) mass is 703 g/mol. The van der Waals surface area contributed by atoms with Crippen LogP contribution in [-0.2, 0) is 27.1 Å². The number of hydrogen-bond donors (Lipinski definition) is 1. The summed E-state index contributed by atoms with van der Waals surface area (Å²) in [6.07, 6.45) is -4.59. The van der Waals surface area contributed by atoms with Crippen LogP contribution in [0.15, 0.2) is 87.1 Å². The molecule has 3 amide bonds. The van der Waals surface area contributed by atoms with Crippen molar-refractivity contribution in [2.75, 3.05) is 17.3 Å². The Morgan fingerprint density at radius 1 is 1.00 bits per heavy atom. The molecular formula is C30H21BrF3N3O5S2. The van der Waals surface area contributed by atoms with Crippen LogP contribution in [-0.4, -0.2) is 34.6 Å². The Morgan fingerprint density at radius 2 is 1.73 bits per heavy atom. The fraction of sp³-hybridized carbons (Fsp3) is 0.200. The quantitative estimate of drug-likeness (QED) is 0.243. The minimum atomic E-state index is -4.59. The Morgan fingerprint density at radius 3 is 2.41 bits per heavy atom. The van der Waals surface area contributed by atoms with Crippen LogP contribution in [0, 0.1) is 5.92 Å². The molecule has 0 bridgehead atoms. The van der Waals surface area contributed by atoms with E-state index in [2.05, 4.69) is 21.2 Å². The maximum Gasteiger partial charge on any atom is 0.416 e. The van der Waals surface area contributed by atoms with Crippen LogP contribution >= 0.6 is 39.0 Å². The van der Waals surface area contributed by atoms with E-state index in [1.54, 1.807) is 30.3 Å². The molecule has 1 saturated heterocycles. The summed E-state index contributed by atoms with van der Waals surface area (Å²) in [4.78, 5) is 55.3. The van der Waals surface area contributed by atoms with Gasteiger partial charge in [0.1, 0.15) is 17.5 Å². The SMILES string of the molecule is COc1ccc(N2C(=O)C3Sc4c(sc(=O)n4CC(=O)Nc4cccc(C(F)(F)F)c4)[C@H](c4cccc(Br)c4)C3C2=O)cc1. The highest BCUT2D eigenvalue weighted by Gasteiger charge is 2.56. The largest absolute Gasteiger partial charge is 0.497 e. The van der Waals surface area contributed by atoms with E-state index < -0.39 is 58.0 Å². The number of alkyl halides is 3. The number of amides is 3. The van der Waals surface area contributed by atoms with Gasteiger partial charge in [-0.15, -0.1) is 0 Å². The summed E-state index contributed by atoms with van der Waals surface area (Å²) in [5.74, 6) is -2.54. The van der Waals surface area contributed by atoms with E-state index in [1.807, 2.05) is 18.2 Å². The zero-order valence-corrected chi connectivity index (χ0v) is 25.9. The molecule has 3 aromatic carbocycles. The van der Waals surface area contributed by atoms with Crippen LogP contribution in [0.5, 0.6) is 5.75 Å². The molecule has 2 aliphatic rings. The lowest BCUT2D eigenvalue weighted by atomic mass is 9.83. The maximum atomic E-state index is 14.0. The van der Waals surface area contributed by atoms with E-state index in [4.69, 9.17) is 4.74 Å². The molecule has 44 heavy (non-hydrogen) atoms. The molecule has 4 aromatic rings. The molecule has 226 valence electrons. The lowest BCUT2D eigenvalue weighted by molar-refractivity contribution is -0.137. The molecule has 3 atom stereocenters. The summed E-state index contributed by atoms with van der Waals surface area (Å²) in [5.41, 5.74) is 0.0820. The zero-order chi connectivity index (χ0) is 31.3. The Kier molecular flexibility index (Phi) is 7.92. The van der Waals surface area contributed by atoms with E-state index in [0.717, 1.165) is 44.6 Å². The third kappa shape index (κ3) is 5.46. The number of thiazole rings is 1. The van der Waals surface area contributed by atoms with Gasteiger partial charge < -0.3 is 10.1 Å². The number of fused-ring (bicyclic) bond motifs is 2. The first kappa shape index (κ1) is 30.2. The molecule has 2 unspecified atom stereocenters. The molecule has 0 spiro atoms. The number of imide groups is 1. The number of rotatable bonds is 6. The number of halogens is 4. The lowest BCUT2D eigenvalue weighted by Gasteiger charge is -2.30. The van der Waals surface area contributed by atoms with Gasteiger partial charge in [0.15, 0.2) is 0 Å². The fourth-order valence-electron chi connectivity index (χ4n) is 5.42. The van der Waals surface area contributed by atoms with Crippen LogP contribution in [0.3, 0.4) is 0 Å². The molecule has 1 fully saturated rings. The number of ether oxygens (including phenoxy) is 1. The Hall–Kier alpha value is -3.88. The van der Waals surface area contributed by atoms with Crippen molar-refractivity contribution >= 4 is 68.1 Å². The maximum absolute atomic E-state index is 14.0. The number of hydrogen-bond acceptors (Lipinski definition) is 7. The molecule has 0 saturated carbocycles. The molecule has 6 rings (SSSR count). The summed E-state index contributed by atoms with van der Waals surface area (Å²) < 4.78 is 46.7. The van der Waals surface area contributed by atoms with Crippen molar-refractivity contribution < 1.29 is 32.3 Å². The molecule has 0 radical (unpaired) electrons. The normalized spacial score (nSPS) is 19.5. The van der Waals surface area contributed by atoms with Crippen molar-refractivity contribution in [3.05, 3.63) is 103 Å². The van der Waals surface area contributed by atoms with Crippen molar-refractivity contribution in [3.63, 3.8) is 0 Å². The standard InChI is InChI=1S/C30H21BrF3N3O5S2/c1-42-20-10-8-19(9-11-20)37-26(39)23-22(15-4-2-6-17(31)12-15)25-28(43-24(23)27(37)40)36(29(41)44-25)14-21(38)35-18-7-3-5-16(13-18)30(32,33)34/h2-13,22-24H,14H2,1H3,(H,35,38)/t22-,23?,24?/m1/s1. The average molecular weight is 705 g/mol. The van der Waals surface area contributed by atoms with E-state index in [-0.39, 0.29) is 5.69 Å². The number of carbonyl (C=O) groups excluding carboxylic acids is 3. The molecule has 2 aliphatic heterocycles. The first-order valence-corrected chi connectivity index (χ1v) is 15.6. The minimum absolute atomic E-state index is 0.0756. The fourth-order valence-corrected chi connectivity index (χ4v) is 8.61. The number of carbonyl (C=O) groups is 3. The Balaban J connectivity index is 1.37. The number of thioether (sulfide) groups is 1. The highest BCUT2D eigenvalue weighted by atomic mass is 79.9. The van der Waals surface area contributed by atoms with Crippen LogP contribution in [0.4, 0.5) is 24.5 Å². The molecule has 3 heterocycles. The number of aromatic nitrogens is 1. The number of nitrogens with zero attached hydrogens (tertiary/aromatic N) is 2. The van der Waals surface area contributed by atoms with E-state index in [9.17, 15) is 32.3 Å². The van der Waals surface area contributed by atoms with Crippen molar-refractivity contribution in [2.24, 2.45) is 5.92 Å². The second kappa shape index (κ2) is 11.6. The van der Waals surface area contributed by atoms with E-state index in [1.165, 1.54) is 23.8 Å². The minimum Gasteiger partial charge on any atom is -0.497 e. The number of anilines is 2. The van der Waals surface area contributed by atoms with Gasteiger partial charge in [-0.1, -0.05) is 57.2 Å². The van der Waals surface area contributed by atoms with Gasteiger partial charge in [0.25, 0.3) is 0 Å². The summed E-state index contributed by atoms with van der Waals surface area (Å²) in [7, 11) is 1.51. The number of methoxy groups -OCH3 is 1. The van der Waals surface area contributed by atoms with E-state index in [0.29, 0.717) is 26.9 Å². The van der Waals surface area contributed by atoms with Gasteiger partial charge in [-0.2, -0.15) is 13.2 Å². The van der Waals surface area contributed by atoms with Crippen LogP contribution in [0.1, 0.15) is 21.9 Å². The van der Waals surface area contributed by atoms with Gasteiger partial charge in [0, 0.05) is 21.0 Å². The van der Waals surface area contributed by atoms with Crippen LogP contribution in [0.25, 0.3) is 0 Å². The molecule has 14 heteroatoms. The topological polar surface area (TPSA) is 97.7 Å². The zero-order valence-electron chi connectivity index (χ0n) is 22.6. The Bertz CT molecular complexity index is 1860. The highest BCUT2D eigenvalue weighted by molar-refractivity contribution is 9.10. The average Bonchev–Trinajstić information content (AvgIpc) is 3.43.